The molecule has 7 nitrogen and oxygen atoms in total. The number of rotatable bonds is 5. The number of nitrogens with two attached hydrogens (primary N) is 1. The molecule has 0 saturated carbocycles. The van der Waals surface area contributed by atoms with Gasteiger partial charge in [0.1, 0.15) is 6.10 Å². The highest BCUT2D eigenvalue weighted by Gasteiger charge is 2.18. The highest BCUT2D eigenvalue weighted by atomic mass is 16.5. The van der Waals surface area contributed by atoms with Crippen molar-refractivity contribution in [3.63, 3.8) is 0 Å². The molecule has 1 aromatic heterocycles. The van der Waals surface area contributed by atoms with E-state index in [-0.39, 0.29) is 12.6 Å². The molecule has 0 aliphatic carbocycles. The van der Waals surface area contributed by atoms with Gasteiger partial charge < -0.3 is 24.5 Å². The Morgan fingerprint density at radius 3 is 2.77 bits per heavy atom. The first-order valence-electron chi connectivity index (χ1n) is 7.25. The Kier molecular flexibility index (Phi) is 4.55. The quantitative estimate of drug-likeness (QED) is 0.899. The molecule has 1 aliphatic heterocycles. The third-order valence-electron chi connectivity index (χ3n) is 3.53. The number of methoxy groups -OCH3 is 1. The first-order chi connectivity index (χ1) is 10.8. The number of nitrogens with zero attached hydrogens (tertiary/aromatic N) is 2. The molecule has 0 bridgehead atoms. The molecule has 0 amide bonds. The van der Waals surface area contributed by atoms with Gasteiger partial charge in [0.25, 0.3) is 0 Å². The maximum atomic E-state index is 6.01. The minimum atomic E-state index is 0.155. The average molecular weight is 305 g/mol. The average Bonchev–Trinajstić information content (AvgIpc) is 3.05. The van der Waals surface area contributed by atoms with Crippen LogP contribution in [0.2, 0.25) is 0 Å². The third-order valence-corrected chi connectivity index (χ3v) is 3.53. The first kappa shape index (κ1) is 14.8. The standard InChI is InChI=1S/C15H19N3O4/c1-19-13-8-10(15-17-14(9-16)22-18-15)2-3-12(13)21-11-4-6-20-7-5-11/h2-3,8,11H,4-7,9,16H2,1H3. The van der Waals surface area contributed by atoms with Crippen molar-refractivity contribution in [1.82, 2.24) is 10.1 Å². The molecule has 0 atom stereocenters. The zero-order chi connectivity index (χ0) is 15.4. The highest BCUT2D eigenvalue weighted by Crippen LogP contribution is 2.33. The summed E-state index contributed by atoms with van der Waals surface area (Å²) in [6, 6.07) is 5.57. The molecule has 3 rings (SSSR count). The van der Waals surface area contributed by atoms with Crippen LogP contribution in [0.25, 0.3) is 11.4 Å². The minimum absolute atomic E-state index is 0.155. The molecule has 2 aromatic rings. The molecule has 1 aliphatic rings. The maximum Gasteiger partial charge on any atom is 0.240 e. The summed E-state index contributed by atoms with van der Waals surface area (Å²) in [6.07, 6.45) is 1.92. The third kappa shape index (κ3) is 3.20. The molecule has 1 aromatic carbocycles. The zero-order valence-corrected chi connectivity index (χ0v) is 12.4. The second kappa shape index (κ2) is 6.76. The van der Waals surface area contributed by atoms with E-state index in [0.717, 1.165) is 31.6 Å². The van der Waals surface area contributed by atoms with E-state index >= 15 is 0 Å². The second-order valence-corrected chi connectivity index (χ2v) is 5.01. The summed E-state index contributed by atoms with van der Waals surface area (Å²) in [6.45, 7) is 1.68. The van der Waals surface area contributed by atoms with Crippen molar-refractivity contribution in [2.45, 2.75) is 25.5 Å². The van der Waals surface area contributed by atoms with Crippen LogP contribution in [0.5, 0.6) is 11.5 Å². The Hall–Kier alpha value is -2.12. The number of ether oxygens (including phenoxy) is 3. The molecular formula is C15H19N3O4. The smallest absolute Gasteiger partial charge is 0.240 e. The van der Waals surface area contributed by atoms with Crippen LogP contribution in [0.3, 0.4) is 0 Å². The second-order valence-electron chi connectivity index (χ2n) is 5.01. The summed E-state index contributed by atoms with van der Waals surface area (Å²) in [4.78, 5) is 4.20. The van der Waals surface area contributed by atoms with E-state index in [1.54, 1.807) is 7.11 Å². The predicted molar refractivity (Wildman–Crippen MR) is 78.6 cm³/mol. The lowest BCUT2D eigenvalue weighted by Crippen LogP contribution is -2.26. The van der Waals surface area contributed by atoms with Crippen LogP contribution < -0.4 is 15.2 Å². The fraction of sp³-hybridized carbons (Fsp3) is 0.467. The number of benzene rings is 1. The van der Waals surface area contributed by atoms with Crippen LogP contribution in [0.15, 0.2) is 22.7 Å². The monoisotopic (exact) mass is 305 g/mol. The molecule has 0 radical (unpaired) electrons. The van der Waals surface area contributed by atoms with Crippen LogP contribution >= 0.6 is 0 Å². The van der Waals surface area contributed by atoms with Gasteiger partial charge in [0, 0.05) is 18.4 Å². The molecule has 1 saturated heterocycles. The summed E-state index contributed by atoms with van der Waals surface area (Å²) in [7, 11) is 1.61. The minimum Gasteiger partial charge on any atom is -0.493 e. The van der Waals surface area contributed by atoms with E-state index in [0.29, 0.717) is 23.2 Å². The van der Waals surface area contributed by atoms with Crippen molar-refractivity contribution < 1.29 is 18.7 Å². The molecule has 0 spiro atoms. The van der Waals surface area contributed by atoms with E-state index in [2.05, 4.69) is 10.1 Å². The molecule has 1 fully saturated rings. The molecule has 2 heterocycles. The predicted octanol–water partition coefficient (Wildman–Crippen LogP) is 1.76. The van der Waals surface area contributed by atoms with Crippen molar-refractivity contribution in [2.75, 3.05) is 20.3 Å². The molecule has 118 valence electrons. The van der Waals surface area contributed by atoms with Crippen LogP contribution in [0, 0.1) is 0 Å². The van der Waals surface area contributed by atoms with Crippen LogP contribution in [0.1, 0.15) is 18.7 Å². The Morgan fingerprint density at radius 1 is 1.27 bits per heavy atom. The van der Waals surface area contributed by atoms with Crippen molar-refractivity contribution in [3.05, 3.63) is 24.1 Å². The zero-order valence-electron chi connectivity index (χ0n) is 12.4. The van der Waals surface area contributed by atoms with Crippen LogP contribution in [0.4, 0.5) is 0 Å². The van der Waals surface area contributed by atoms with Gasteiger partial charge in [-0.3, -0.25) is 0 Å². The Balaban J connectivity index is 1.80. The van der Waals surface area contributed by atoms with Gasteiger partial charge in [-0.05, 0) is 18.2 Å². The highest BCUT2D eigenvalue weighted by molar-refractivity contribution is 5.60. The Morgan fingerprint density at radius 2 is 2.09 bits per heavy atom. The lowest BCUT2D eigenvalue weighted by Gasteiger charge is -2.24. The largest absolute Gasteiger partial charge is 0.493 e. The van der Waals surface area contributed by atoms with Gasteiger partial charge in [0.15, 0.2) is 11.5 Å². The normalized spacial score (nSPS) is 15.7. The van der Waals surface area contributed by atoms with Gasteiger partial charge in [-0.25, -0.2) is 0 Å². The molecule has 22 heavy (non-hydrogen) atoms. The van der Waals surface area contributed by atoms with Crippen LogP contribution in [-0.2, 0) is 11.3 Å². The molecule has 0 unspecified atom stereocenters. The number of hydrogen-bond acceptors (Lipinski definition) is 7. The number of aromatic nitrogens is 2. The lowest BCUT2D eigenvalue weighted by atomic mass is 10.1. The fourth-order valence-corrected chi connectivity index (χ4v) is 2.33. The molecule has 2 N–H and O–H groups in total. The van der Waals surface area contributed by atoms with E-state index in [4.69, 9.17) is 24.5 Å². The maximum absolute atomic E-state index is 6.01. The van der Waals surface area contributed by atoms with Crippen molar-refractivity contribution in [3.8, 4) is 22.9 Å². The van der Waals surface area contributed by atoms with Crippen LogP contribution in [-0.4, -0.2) is 36.6 Å². The molecule has 7 heteroatoms. The summed E-state index contributed by atoms with van der Waals surface area (Å²) in [5.41, 5.74) is 6.27. The van der Waals surface area contributed by atoms with Gasteiger partial charge >= 0.3 is 0 Å². The fourth-order valence-electron chi connectivity index (χ4n) is 2.33. The summed E-state index contributed by atoms with van der Waals surface area (Å²) < 4.78 is 21.8. The van der Waals surface area contributed by atoms with E-state index in [1.807, 2.05) is 18.2 Å². The lowest BCUT2D eigenvalue weighted by molar-refractivity contribution is 0.0245. The Bertz CT molecular complexity index is 623. The van der Waals surface area contributed by atoms with Crippen molar-refractivity contribution in [2.24, 2.45) is 5.73 Å². The van der Waals surface area contributed by atoms with Crippen molar-refractivity contribution >= 4 is 0 Å². The molecular weight excluding hydrogens is 286 g/mol. The van der Waals surface area contributed by atoms with E-state index in [1.165, 1.54) is 0 Å². The van der Waals surface area contributed by atoms with Gasteiger partial charge in [-0.2, -0.15) is 4.98 Å². The topological polar surface area (TPSA) is 92.6 Å². The van der Waals surface area contributed by atoms with E-state index < -0.39 is 0 Å². The summed E-state index contributed by atoms with van der Waals surface area (Å²) in [5.74, 6) is 2.23. The first-order valence-corrected chi connectivity index (χ1v) is 7.25. The van der Waals surface area contributed by atoms with Gasteiger partial charge in [-0.15, -0.1) is 0 Å². The number of hydrogen-bond donors (Lipinski definition) is 1. The van der Waals surface area contributed by atoms with Crippen molar-refractivity contribution in [1.29, 1.82) is 0 Å². The summed E-state index contributed by atoms with van der Waals surface area (Å²) in [5, 5.41) is 3.90. The van der Waals surface area contributed by atoms with Gasteiger partial charge in [0.2, 0.25) is 11.7 Å². The summed E-state index contributed by atoms with van der Waals surface area (Å²) >= 11 is 0. The van der Waals surface area contributed by atoms with Gasteiger partial charge in [0.05, 0.1) is 26.9 Å². The SMILES string of the molecule is COc1cc(-c2noc(CN)n2)ccc1OC1CCOCC1. The Labute approximate surface area is 128 Å². The van der Waals surface area contributed by atoms with Gasteiger partial charge in [-0.1, -0.05) is 5.16 Å². The van der Waals surface area contributed by atoms with E-state index in [9.17, 15) is 0 Å².